The molecular formula is C12H17ClN2O2. The number of halogens is 1. The van der Waals surface area contributed by atoms with Gasteiger partial charge >= 0.3 is 5.97 Å². The molecule has 0 aliphatic heterocycles. The third kappa shape index (κ3) is 5.06. The first kappa shape index (κ1) is 13.8. The minimum absolute atomic E-state index is 0.345. The van der Waals surface area contributed by atoms with Gasteiger partial charge < -0.3 is 16.2 Å². The van der Waals surface area contributed by atoms with Crippen molar-refractivity contribution in [3.05, 3.63) is 29.8 Å². The average Bonchev–Trinajstić information content (AvgIpc) is 2.31. The number of hydrogen-bond donors (Lipinski definition) is 3. The highest BCUT2D eigenvalue weighted by molar-refractivity contribution is 6.17. The molecule has 0 aromatic heterocycles. The van der Waals surface area contributed by atoms with E-state index in [1.54, 1.807) is 0 Å². The molecule has 0 saturated heterocycles. The van der Waals surface area contributed by atoms with E-state index < -0.39 is 12.0 Å². The second kappa shape index (κ2) is 7.14. The lowest BCUT2D eigenvalue weighted by Crippen LogP contribution is -2.32. The van der Waals surface area contributed by atoms with Crippen LogP contribution in [-0.2, 0) is 11.2 Å². The minimum Gasteiger partial charge on any atom is -0.480 e. The molecule has 0 aliphatic rings. The van der Waals surface area contributed by atoms with Crippen LogP contribution in [-0.4, -0.2) is 29.5 Å². The topological polar surface area (TPSA) is 75.3 Å². The van der Waals surface area contributed by atoms with Crippen LogP contribution in [0, 0.1) is 0 Å². The predicted molar refractivity (Wildman–Crippen MR) is 69.6 cm³/mol. The Kier molecular flexibility index (Phi) is 5.80. The molecule has 0 fully saturated rings. The lowest BCUT2D eigenvalue weighted by molar-refractivity contribution is -0.138. The van der Waals surface area contributed by atoms with Crippen molar-refractivity contribution in [3.8, 4) is 0 Å². The first-order valence-corrected chi connectivity index (χ1v) is 6.04. The number of nitrogens with one attached hydrogen (secondary N) is 1. The van der Waals surface area contributed by atoms with Gasteiger partial charge in [0.1, 0.15) is 6.04 Å². The fourth-order valence-corrected chi connectivity index (χ4v) is 1.53. The molecule has 0 amide bonds. The molecule has 0 saturated carbocycles. The van der Waals surface area contributed by atoms with E-state index in [9.17, 15) is 4.79 Å². The molecule has 0 aliphatic carbocycles. The summed E-state index contributed by atoms with van der Waals surface area (Å²) in [6.45, 7) is 0.831. The first-order valence-electron chi connectivity index (χ1n) is 5.50. The van der Waals surface area contributed by atoms with Gasteiger partial charge in [0.15, 0.2) is 0 Å². The van der Waals surface area contributed by atoms with Crippen LogP contribution in [0.15, 0.2) is 24.3 Å². The third-order valence-electron chi connectivity index (χ3n) is 2.37. The van der Waals surface area contributed by atoms with Crippen LogP contribution in [0.25, 0.3) is 0 Å². The Morgan fingerprint density at radius 1 is 1.41 bits per heavy atom. The summed E-state index contributed by atoms with van der Waals surface area (Å²) in [6, 6.07) is 6.75. The zero-order chi connectivity index (χ0) is 12.7. The maximum Gasteiger partial charge on any atom is 0.320 e. The third-order valence-corrected chi connectivity index (χ3v) is 2.63. The van der Waals surface area contributed by atoms with Crippen molar-refractivity contribution in [1.29, 1.82) is 0 Å². The van der Waals surface area contributed by atoms with Crippen LogP contribution in [0.1, 0.15) is 12.0 Å². The Labute approximate surface area is 106 Å². The lowest BCUT2D eigenvalue weighted by Gasteiger charge is -2.08. The number of carboxylic acid groups (broad SMARTS) is 1. The number of carbonyl (C=O) groups is 1. The molecule has 1 aromatic rings. The van der Waals surface area contributed by atoms with Crippen molar-refractivity contribution in [2.75, 3.05) is 17.7 Å². The van der Waals surface area contributed by atoms with Crippen LogP contribution >= 0.6 is 11.6 Å². The van der Waals surface area contributed by atoms with Crippen LogP contribution in [0.3, 0.4) is 0 Å². The van der Waals surface area contributed by atoms with Crippen molar-refractivity contribution in [1.82, 2.24) is 0 Å². The van der Waals surface area contributed by atoms with Crippen molar-refractivity contribution < 1.29 is 9.90 Å². The Morgan fingerprint density at radius 3 is 2.59 bits per heavy atom. The summed E-state index contributed by atoms with van der Waals surface area (Å²) in [5.74, 6) is -0.340. The number of alkyl halides is 1. The molecule has 1 atom stereocenters. The van der Waals surface area contributed by atoms with Gasteiger partial charge in [0.05, 0.1) is 0 Å². The molecule has 4 nitrogen and oxygen atoms in total. The number of benzene rings is 1. The fraction of sp³-hybridized carbons (Fsp3) is 0.417. The molecule has 5 heteroatoms. The van der Waals surface area contributed by atoms with Gasteiger partial charge in [0.25, 0.3) is 0 Å². The quantitative estimate of drug-likeness (QED) is 0.513. The van der Waals surface area contributed by atoms with Gasteiger partial charge in [0.2, 0.25) is 0 Å². The van der Waals surface area contributed by atoms with Gasteiger partial charge in [-0.05, 0) is 30.5 Å². The fourth-order valence-electron chi connectivity index (χ4n) is 1.40. The van der Waals surface area contributed by atoms with E-state index in [1.165, 1.54) is 0 Å². The number of hydrogen-bond acceptors (Lipinski definition) is 3. The second-order valence-corrected chi connectivity index (χ2v) is 4.19. The minimum atomic E-state index is -0.977. The molecule has 4 N–H and O–H groups in total. The normalized spacial score (nSPS) is 12.1. The molecule has 0 heterocycles. The monoisotopic (exact) mass is 256 g/mol. The maximum atomic E-state index is 10.6. The Morgan fingerprint density at radius 2 is 2.06 bits per heavy atom. The summed E-state index contributed by atoms with van der Waals surface area (Å²) in [6.07, 6.45) is 1.25. The van der Waals surface area contributed by atoms with E-state index in [-0.39, 0.29) is 0 Å². The van der Waals surface area contributed by atoms with Gasteiger partial charge in [-0.15, -0.1) is 11.6 Å². The number of rotatable bonds is 7. The van der Waals surface area contributed by atoms with Crippen molar-refractivity contribution >= 4 is 23.3 Å². The van der Waals surface area contributed by atoms with Crippen LogP contribution in [0.2, 0.25) is 0 Å². The lowest BCUT2D eigenvalue weighted by atomic mass is 10.1. The van der Waals surface area contributed by atoms with E-state index in [1.807, 2.05) is 24.3 Å². The van der Waals surface area contributed by atoms with E-state index >= 15 is 0 Å². The van der Waals surface area contributed by atoms with Gasteiger partial charge in [-0.25, -0.2) is 0 Å². The average molecular weight is 257 g/mol. The molecule has 0 spiro atoms. The number of anilines is 1. The summed E-state index contributed by atoms with van der Waals surface area (Å²) >= 11 is 5.57. The van der Waals surface area contributed by atoms with Crippen LogP contribution in [0.4, 0.5) is 5.69 Å². The largest absolute Gasteiger partial charge is 0.480 e. The van der Waals surface area contributed by atoms with Gasteiger partial charge in [-0.1, -0.05) is 12.1 Å². The van der Waals surface area contributed by atoms with Crippen LogP contribution in [0.5, 0.6) is 0 Å². The Bertz CT molecular complexity index is 354. The molecule has 0 bridgehead atoms. The first-order chi connectivity index (χ1) is 8.13. The standard InChI is InChI=1S/C12H17ClN2O2/c13-6-1-7-15-10-4-2-9(3-5-10)8-11(14)12(16)17/h2-5,11,15H,1,6-8,14H2,(H,16,17). The van der Waals surface area contributed by atoms with Crippen molar-refractivity contribution in [2.24, 2.45) is 5.73 Å². The summed E-state index contributed by atoms with van der Waals surface area (Å²) in [4.78, 5) is 10.6. The summed E-state index contributed by atoms with van der Waals surface area (Å²) in [7, 11) is 0. The predicted octanol–water partition coefficient (Wildman–Crippen LogP) is 1.68. The molecule has 0 radical (unpaired) electrons. The molecule has 1 aromatic carbocycles. The van der Waals surface area contributed by atoms with E-state index in [4.69, 9.17) is 22.4 Å². The zero-order valence-electron chi connectivity index (χ0n) is 9.53. The smallest absolute Gasteiger partial charge is 0.320 e. The molecule has 1 rings (SSSR count). The van der Waals surface area contributed by atoms with Crippen molar-refractivity contribution in [3.63, 3.8) is 0 Å². The molecule has 17 heavy (non-hydrogen) atoms. The van der Waals surface area contributed by atoms with E-state index in [0.717, 1.165) is 24.2 Å². The van der Waals surface area contributed by atoms with Crippen LogP contribution < -0.4 is 11.1 Å². The van der Waals surface area contributed by atoms with Gasteiger partial charge in [-0.3, -0.25) is 4.79 Å². The number of nitrogens with two attached hydrogens (primary N) is 1. The van der Waals surface area contributed by atoms with Crippen molar-refractivity contribution in [2.45, 2.75) is 18.9 Å². The van der Waals surface area contributed by atoms with E-state index in [0.29, 0.717) is 12.3 Å². The summed E-state index contributed by atoms with van der Waals surface area (Å²) in [5, 5.41) is 11.9. The number of carboxylic acids is 1. The highest BCUT2D eigenvalue weighted by Crippen LogP contribution is 2.11. The second-order valence-electron chi connectivity index (χ2n) is 3.82. The molecular weight excluding hydrogens is 240 g/mol. The molecule has 94 valence electrons. The number of aliphatic carboxylic acids is 1. The summed E-state index contributed by atoms with van der Waals surface area (Å²) in [5.41, 5.74) is 7.38. The zero-order valence-corrected chi connectivity index (χ0v) is 10.3. The van der Waals surface area contributed by atoms with Gasteiger partial charge in [-0.2, -0.15) is 0 Å². The highest BCUT2D eigenvalue weighted by Gasteiger charge is 2.11. The Hall–Kier alpha value is -1.26. The highest BCUT2D eigenvalue weighted by atomic mass is 35.5. The molecule has 1 unspecified atom stereocenters. The Balaban J connectivity index is 2.47. The SMILES string of the molecule is NC(Cc1ccc(NCCCCl)cc1)C(=O)O. The van der Waals surface area contributed by atoms with Gasteiger partial charge in [0, 0.05) is 18.1 Å². The van der Waals surface area contributed by atoms with E-state index in [2.05, 4.69) is 5.32 Å². The summed E-state index contributed by atoms with van der Waals surface area (Å²) < 4.78 is 0. The maximum absolute atomic E-state index is 10.6.